The Labute approximate surface area is 95.6 Å². The lowest BCUT2D eigenvalue weighted by Crippen LogP contribution is -1.88. The highest BCUT2D eigenvalue weighted by atomic mass is 35.5. The summed E-state index contributed by atoms with van der Waals surface area (Å²) < 4.78 is 0. The average molecular weight is 243 g/mol. The van der Waals surface area contributed by atoms with Gasteiger partial charge in [0.05, 0.1) is 4.92 Å². The van der Waals surface area contributed by atoms with Crippen molar-refractivity contribution in [2.75, 3.05) is 6.61 Å². The standard InChI is InChI=1S/C9H7ClN2O4/c10-9-4-3-8(12(14)15)6-7(9)2-1-5-16-11-13/h1-4,6H,5H2/b2-1+. The average Bonchev–Trinajstić information content (AvgIpc) is 2.26. The fraction of sp³-hybridized carbons (Fsp3) is 0.111. The van der Waals surface area contributed by atoms with Crippen molar-refractivity contribution < 1.29 is 9.76 Å². The summed E-state index contributed by atoms with van der Waals surface area (Å²) in [6.45, 7) is -0.0114. The molecule has 0 bridgehead atoms. The van der Waals surface area contributed by atoms with E-state index in [9.17, 15) is 15.0 Å². The summed E-state index contributed by atoms with van der Waals surface area (Å²) in [5.41, 5.74) is 0.420. The van der Waals surface area contributed by atoms with Crippen LogP contribution in [0.1, 0.15) is 5.56 Å². The second-order valence-corrected chi connectivity index (χ2v) is 3.14. The van der Waals surface area contributed by atoms with Crippen LogP contribution >= 0.6 is 11.6 Å². The molecule has 1 aromatic carbocycles. The molecule has 0 fully saturated rings. The van der Waals surface area contributed by atoms with Crippen LogP contribution in [-0.4, -0.2) is 11.5 Å². The van der Waals surface area contributed by atoms with Crippen molar-refractivity contribution >= 4 is 23.4 Å². The number of nitro benzene ring substituents is 1. The summed E-state index contributed by atoms with van der Waals surface area (Å²) in [5.74, 6) is 0. The molecule has 7 heteroatoms. The molecule has 1 aromatic rings. The molecule has 6 nitrogen and oxygen atoms in total. The maximum absolute atomic E-state index is 10.5. The maximum atomic E-state index is 10.5. The molecule has 1 rings (SSSR count). The summed E-state index contributed by atoms with van der Waals surface area (Å²) in [7, 11) is 0. The fourth-order valence-corrected chi connectivity index (χ4v) is 1.20. The van der Waals surface area contributed by atoms with Gasteiger partial charge >= 0.3 is 0 Å². The Morgan fingerprint density at radius 1 is 1.56 bits per heavy atom. The monoisotopic (exact) mass is 242 g/mol. The van der Waals surface area contributed by atoms with Crippen molar-refractivity contribution in [3.05, 3.63) is 49.9 Å². The van der Waals surface area contributed by atoms with E-state index in [4.69, 9.17) is 11.6 Å². The van der Waals surface area contributed by atoms with Gasteiger partial charge in [0.2, 0.25) is 0 Å². The third-order valence-electron chi connectivity index (χ3n) is 1.71. The first-order chi connectivity index (χ1) is 7.65. The van der Waals surface area contributed by atoms with Gasteiger partial charge in [-0.3, -0.25) is 10.1 Å². The highest BCUT2D eigenvalue weighted by Gasteiger charge is 2.07. The van der Waals surface area contributed by atoms with E-state index in [1.807, 2.05) is 0 Å². The number of benzene rings is 1. The van der Waals surface area contributed by atoms with Gasteiger partial charge in [-0.15, -0.1) is 4.91 Å². The van der Waals surface area contributed by atoms with Crippen molar-refractivity contribution in [2.45, 2.75) is 0 Å². The van der Waals surface area contributed by atoms with Crippen LogP contribution in [0.25, 0.3) is 6.08 Å². The summed E-state index contributed by atoms with van der Waals surface area (Å²) in [5, 5.41) is 13.1. The van der Waals surface area contributed by atoms with Crippen molar-refractivity contribution in [2.24, 2.45) is 5.34 Å². The lowest BCUT2D eigenvalue weighted by molar-refractivity contribution is -0.384. The molecule has 0 radical (unpaired) electrons. The van der Waals surface area contributed by atoms with Crippen LogP contribution in [0.2, 0.25) is 5.02 Å². The first kappa shape index (κ1) is 12.1. The predicted molar refractivity (Wildman–Crippen MR) is 58.9 cm³/mol. The van der Waals surface area contributed by atoms with Gasteiger partial charge in [0.1, 0.15) is 6.61 Å². The largest absolute Gasteiger partial charge is 0.360 e. The van der Waals surface area contributed by atoms with Gasteiger partial charge in [-0.2, -0.15) is 0 Å². The van der Waals surface area contributed by atoms with Crippen molar-refractivity contribution in [3.8, 4) is 0 Å². The zero-order valence-electron chi connectivity index (χ0n) is 8.00. The number of nitro groups is 1. The van der Waals surface area contributed by atoms with Gasteiger partial charge in [-0.1, -0.05) is 17.7 Å². The van der Waals surface area contributed by atoms with Gasteiger partial charge in [0, 0.05) is 17.2 Å². The summed E-state index contributed by atoms with van der Waals surface area (Å²) >= 11 is 5.81. The molecule has 0 aromatic heterocycles. The van der Waals surface area contributed by atoms with Gasteiger partial charge in [0.25, 0.3) is 5.69 Å². The molecule has 16 heavy (non-hydrogen) atoms. The molecule has 0 amide bonds. The van der Waals surface area contributed by atoms with Crippen LogP contribution in [0.15, 0.2) is 29.6 Å². The quantitative estimate of drug-likeness (QED) is 0.344. The van der Waals surface area contributed by atoms with E-state index in [0.717, 1.165) is 0 Å². The number of halogens is 1. The molecule has 0 spiro atoms. The Morgan fingerprint density at radius 2 is 2.31 bits per heavy atom. The molecular weight excluding hydrogens is 236 g/mol. The fourth-order valence-electron chi connectivity index (χ4n) is 1.02. The zero-order chi connectivity index (χ0) is 12.0. The van der Waals surface area contributed by atoms with E-state index in [1.165, 1.54) is 30.4 Å². The molecule has 0 aliphatic carbocycles. The van der Waals surface area contributed by atoms with Gasteiger partial charge < -0.3 is 4.84 Å². The second kappa shape index (κ2) is 5.82. The van der Waals surface area contributed by atoms with Crippen molar-refractivity contribution in [1.82, 2.24) is 0 Å². The molecular formula is C9H7ClN2O4. The highest BCUT2D eigenvalue weighted by molar-refractivity contribution is 6.32. The Morgan fingerprint density at radius 3 is 2.94 bits per heavy atom. The molecule has 0 aliphatic heterocycles. The lowest BCUT2D eigenvalue weighted by atomic mass is 10.2. The van der Waals surface area contributed by atoms with Crippen LogP contribution in [0.4, 0.5) is 5.69 Å². The minimum absolute atomic E-state index is 0.0114. The first-order valence-corrected chi connectivity index (χ1v) is 4.58. The molecule has 84 valence electrons. The topological polar surface area (TPSA) is 81.8 Å². The van der Waals surface area contributed by atoms with E-state index in [1.54, 1.807) is 0 Å². The van der Waals surface area contributed by atoms with Gasteiger partial charge in [-0.05, 0) is 17.7 Å². The van der Waals surface area contributed by atoms with E-state index in [-0.39, 0.29) is 12.3 Å². The number of hydrogen-bond acceptors (Lipinski definition) is 5. The molecule has 0 saturated carbocycles. The summed E-state index contributed by atoms with van der Waals surface area (Å²) in [6.07, 6.45) is 2.99. The third kappa shape index (κ3) is 3.32. The smallest absolute Gasteiger partial charge is 0.270 e. The van der Waals surface area contributed by atoms with E-state index in [2.05, 4.69) is 10.2 Å². The van der Waals surface area contributed by atoms with Crippen LogP contribution in [0, 0.1) is 15.0 Å². The van der Waals surface area contributed by atoms with Crippen LogP contribution in [0.5, 0.6) is 0 Å². The number of hydrogen-bond donors (Lipinski definition) is 0. The Balaban J connectivity index is 2.85. The minimum Gasteiger partial charge on any atom is -0.360 e. The molecule has 0 N–H and O–H groups in total. The molecule has 0 atom stereocenters. The van der Waals surface area contributed by atoms with Crippen molar-refractivity contribution in [3.63, 3.8) is 0 Å². The first-order valence-electron chi connectivity index (χ1n) is 4.20. The van der Waals surface area contributed by atoms with E-state index in [0.29, 0.717) is 10.6 Å². The molecule has 0 unspecified atom stereocenters. The van der Waals surface area contributed by atoms with Gasteiger partial charge in [-0.25, -0.2) is 0 Å². The number of non-ortho nitro benzene ring substituents is 1. The Bertz CT molecular complexity index is 434. The second-order valence-electron chi connectivity index (χ2n) is 2.74. The molecule has 0 saturated heterocycles. The van der Waals surface area contributed by atoms with Crippen LogP contribution in [0.3, 0.4) is 0 Å². The predicted octanol–water partition coefficient (Wildman–Crippen LogP) is 2.96. The Kier molecular flexibility index (Phi) is 4.41. The van der Waals surface area contributed by atoms with Crippen LogP contribution < -0.4 is 0 Å². The number of rotatable bonds is 5. The third-order valence-corrected chi connectivity index (χ3v) is 2.06. The van der Waals surface area contributed by atoms with E-state index >= 15 is 0 Å². The SMILES string of the molecule is O=NOC/C=C/c1cc([N+](=O)[O-])ccc1Cl. The maximum Gasteiger partial charge on any atom is 0.270 e. The molecule has 0 heterocycles. The van der Waals surface area contributed by atoms with E-state index < -0.39 is 4.92 Å². The highest BCUT2D eigenvalue weighted by Crippen LogP contribution is 2.22. The summed E-state index contributed by atoms with van der Waals surface area (Å²) in [4.78, 5) is 23.8. The summed E-state index contributed by atoms with van der Waals surface area (Å²) in [6, 6.07) is 4.06. The Hall–Kier alpha value is -1.95. The lowest BCUT2D eigenvalue weighted by Gasteiger charge is -1.97. The van der Waals surface area contributed by atoms with Crippen LogP contribution in [-0.2, 0) is 4.84 Å². The number of nitrogens with zero attached hydrogens (tertiary/aromatic N) is 2. The van der Waals surface area contributed by atoms with Gasteiger partial charge in [0.15, 0.2) is 5.34 Å². The zero-order valence-corrected chi connectivity index (χ0v) is 8.76. The van der Waals surface area contributed by atoms with Crippen molar-refractivity contribution in [1.29, 1.82) is 0 Å². The normalized spacial score (nSPS) is 10.3. The minimum atomic E-state index is -0.517. The molecule has 0 aliphatic rings.